The van der Waals surface area contributed by atoms with Gasteiger partial charge in [0.05, 0.1) is 23.8 Å². The summed E-state index contributed by atoms with van der Waals surface area (Å²) in [6.07, 6.45) is -11.9. The van der Waals surface area contributed by atoms with Crippen LogP contribution in [0.5, 0.6) is 0 Å². The number of benzene rings is 2. The minimum Gasteiger partial charge on any atom is -0.371 e. The van der Waals surface area contributed by atoms with Gasteiger partial charge in [-0.15, -0.1) is 0 Å². The van der Waals surface area contributed by atoms with E-state index in [2.05, 4.69) is 5.32 Å². The molecule has 2 aromatic rings. The van der Waals surface area contributed by atoms with Gasteiger partial charge in [0, 0.05) is 14.2 Å². The summed E-state index contributed by atoms with van der Waals surface area (Å²) in [4.78, 5) is 13.7. The van der Waals surface area contributed by atoms with Crippen LogP contribution in [0.15, 0.2) is 48.5 Å². The lowest BCUT2D eigenvalue weighted by atomic mass is 9.89. The van der Waals surface area contributed by atoms with E-state index >= 15 is 0 Å². The molecule has 1 aliphatic heterocycles. The Morgan fingerprint density at radius 2 is 1.58 bits per heavy atom. The highest BCUT2D eigenvalue weighted by Crippen LogP contribution is 2.39. The van der Waals surface area contributed by atoms with Crippen LogP contribution in [0.4, 0.5) is 31.1 Å². The Morgan fingerprint density at radius 3 is 2.06 bits per heavy atom. The van der Waals surface area contributed by atoms with Gasteiger partial charge in [-0.3, -0.25) is 4.90 Å². The minimum absolute atomic E-state index is 0.0643. The molecule has 33 heavy (non-hydrogen) atoms. The molecule has 0 spiro atoms. The molecule has 1 fully saturated rings. The van der Waals surface area contributed by atoms with Crippen molar-refractivity contribution in [2.45, 2.75) is 37.1 Å². The Labute approximate surface area is 186 Å². The molecule has 3 atom stereocenters. The SMILES string of the molecule is CO[C@@H]1N(C)C(=O)N[C@]1(CO[C@H](C)c1cc(C(F)(F)F)cc(C(F)(F)F)c1)c1ccccc1. The van der Waals surface area contributed by atoms with Crippen LogP contribution in [-0.4, -0.2) is 37.9 Å². The third kappa shape index (κ3) is 4.93. The highest BCUT2D eigenvalue weighted by molar-refractivity contribution is 5.78. The van der Waals surface area contributed by atoms with Crippen molar-refractivity contribution in [1.29, 1.82) is 0 Å². The number of carbonyl (C=O) groups is 1. The molecule has 1 saturated heterocycles. The second-order valence-corrected chi connectivity index (χ2v) is 7.76. The second kappa shape index (κ2) is 8.86. The summed E-state index contributed by atoms with van der Waals surface area (Å²) in [5.41, 5.74) is -3.80. The topological polar surface area (TPSA) is 50.8 Å². The van der Waals surface area contributed by atoms with E-state index in [1.807, 2.05) is 0 Å². The molecule has 180 valence electrons. The molecule has 2 amide bonds. The van der Waals surface area contributed by atoms with Crippen LogP contribution in [0.25, 0.3) is 0 Å². The predicted octanol–water partition coefficient (Wildman–Crippen LogP) is 5.32. The third-order valence-corrected chi connectivity index (χ3v) is 5.58. The molecule has 0 aliphatic carbocycles. The van der Waals surface area contributed by atoms with Crippen LogP contribution in [0.1, 0.15) is 35.3 Å². The van der Waals surface area contributed by atoms with Crippen molar-refractivity contribution in [3.8, 4) is 0 Å². The van der Waals surface area contributed by atoms with Crippen LogP contribution in [0.3, 0.4) is 0 Å². The van der Waals surface area contributed by atoms with Crippen molar-refractivity contribution in [3.63, 3.8) is 0 Å². The quantitative estimate of drug-likeness (QED) is 0.574. The van der Waals surface area contributed by atoms with Gasteiger partial charge in [-0.1, -0.05) is 30.3 Å². The lowest BCUT2D eigenvalue weighted by Crippen LogP contribution is -2.51. The average molecular weight is 476 g/mol. The predicted molar refractivity (Wildman–Crippen MR) is 106 cm³/mol. The Bertz CT molecular complexity index is 964. The Kier molecular flexibility index (Phi) is 6.67. The number of nitrogens with one attached hydrogen (secondary N) is 1. The van der Waals surface area contributed by atoms with Crippen molar-refractivity contribution in [2.24, 2.45) is 0 Å². The van der Waals surface area contributed by atoms with Gasteiger partial charge < -0.3 is 14.8 Å². The molecule has 1 aliphatic rings. The fourth-order valence-corrected chi connectivity index (χ4v) is 3.84. The van der Waals surface area contributed by atoms with Gasteiger partial charge in [0.25, 0.3) is 0 Å². The van der Waals surface area contributed by atoms with Crippen LogP contribution >= 0.6 is 0 Å². The maximum Gasteiger partial charge on any atom is 0.416 e. The maximum atomic E-state index is 13.2. The first kappa shape index (κ1) is 24.8. The van der Waals surface area contributed by atoms with Crippen molar-refractivity contribution in [2.75, 3.05) is 20.8 Å². The molecule has 3 rings (SSSR count). The zero-order chi connectivity index (χ0) is 24.6. The zero-order valence-corrected chi connectivity index (χ0v) is 17.9. The number of hydrogen-bond acceptors (Lipinski definition) is 3. The number of nitrogens with zero attached hydrogens (tertiary/aromatic N) is 1. The first-order valence-electron chi connectivity index (χ1n) is 9.84. The fourth-order valence-electron chi connectivity index (χ4n) is 3.84. The standard InChI is InChI=1S/C22H22F6N2O3/c1-13(14-9-16(21(23,24)25)11-17(10-14)22(26,27)28)33-12-20(15-7-5-4-6-8-15)18(32-3)30(2)19(31)29-20/h4-11,13,18H,12H2,1-3H3,(H,29,31)/t13-,18+,20-/m1/s1. The van der Waals surface area contributed by atoms with E-state index in [0.29, 0.717) is 17.7 Å². The molecule has 0 bridgehead atoms. The summed E-state index contributed by atoms with van der Waals surface area (Å²) in [6.45, 7) is 1.07. The molecule has 5 nitrogen and oxygen atoms in total. The molecule has 0 aromatic heterocycles. The van der Waals surface area contributed by atoms with Crippen molar-refractivity contribution >= 4 is 6.03 Å². The number of urea groups is 1. The molecule has 0 unspecified atom stereocenters. The Balaban J connectivity index is 1.96. The van der Waals surface area contributed by atoms with Gasteiger partial charge in [-0.2, -0.15) is 26.3 Å². The van der Waals surface area contributed by atoms with Crippen molar-refractivity contribution in [3.05, 3.63) is 70.8 Å². The monoisotopic (exact) mass is 476 g/mol. The Morgan fingerprint density at radius 1 is 1.03 bits per heavy atom. The fraction of sp³-hybridized carbons (Fsp3) is 0.409. The number of methoxy groups -OCH3 is 1. The number of alkyl halides is 6. The highest BCUT2D eigenvalue weighted by Gasteiger charge is 2.52. The first-order valence-corrected chi connectivity index (χ1v) is 9.84. The number of halogens is 6. The van der Waals surface area contributed by atoms with Crippen LogP contribution in [-0.2, 0) is 27.4 Å². The third-order valence-electron chi connectivity index (χ3n) is 5.58. The highest BCUT2D eigenvalue weighted by atomic mass is 19.4. The van der Waals surface area contributed by atoms with E-state index in [0.717, 1.165) is 0 Å². The molecular weight excluding hydrogens is 454 g/mol. The van der Waals surface area contributed by atoms with Crippen molar-refractivity contribution in [1.82, 2.24) is 10.2 Å². The maximum absolute atomic E-state index is 13.2. The molecule has 11 heteroatoms. The number of likely N-dealkylation sites (N-methyl/N-ethyl adjacent to an activating group) is 1. The number of amides is 2. The molecule has 1 N–H and O–H groups in total. The lowest BCUT2D eigenvalue weighted by molar-refractivity contribution is -0.143. The first-order chi connectivity index (χ1) is 15.3. The smallest absolute Gasteiger partial charge is 0.371 e. The molecule has 1 heterocycles. The van der Waals surface area contributed by atoms with Crippen LogP contribution < -0.4 is 5.32 Å². The zero-order valence-electron chi connectivity index (χ0n) is 17.9. The van der Waals surface area contributed by atoms with Gasteiger partial charge in [-0.25, -0.2) is 4.79 Å². The summed E-state index contributed by atoms with van der Waals surface area (Å²) < 4.78 is 90.6. The van der Waals surface area contributed by atoms with E-state index < -0.39 is 47.4 Å². The lowest BCUT2D eigenvalue weighted by Gasteiger charge is -2.36. The summed E-state index contributed by atoms with van der Waals surface area (Å²) in [7, 11) is 2.88. The van der Waals surface area contributed by atoms with E-state index in [4.69, 9.17) is 9.47 Å². The van der Waals surface area contributed by atoms with E-state index in [-0.39, 0.29) is 18.2 Å². The summed E-state index contributed by atoms with van der Waals surface area (Å²) >= 11 is 0. The summed E-state index contributed by atoms with van der Waals surface area (Å²) in [5.74, 6) is 0. The molecular formula is C22H22F6N2O3. The van der Waals surface area contributed by atoms with Gasteiger partial charge in [0.1, 0.15) is 5.54 Å². The summed E-state index contributed by atoms with van der Waals surface area (Å²) in [6, 6.07) is 9.47. The normalized spacial score (nSPS) is 22.4. The van der Waals surface area contributed by atoms with Crippen LogP contribution in [0, 0.1) is 0 Å². The largest absolute Gasteiger partial charge is 0.416 e. The van der Waals surface area contributed by atoms with Crippen molar-refractivity contribution < 1.29 is 40.6 Å². The van der Waals surface area contributed by atoms with Crippen LogP contribution in [0.2, 0.25) is 0 Å². The molecule has 2 aromatic carbocycles. The van der Waals surface area contributed by atoms with Gasteiger partial charge in [0.15, 0.2) is 6.23 Å². The summed E-state index contributed by atoms with van der Waals surface area (Å²) in [5, 5.41) is 2.79. The molecule has 0 radical (unpaired) electrons. The van der Waals surface area contributed by atoms with Gasteiger partial charge in [0.2, 0.25) is 0 Å². The van der Waals surface area contributed by atoms with E-state index in [9.17, 15) is 31.1 Å². The average Bonchev–Trinajstić information content (AvgIpc) is 3.01. The van der Waals surface area contributed by atoms with Gasteiger partial charge in [-0.05, 0) is 36.2 Å². The number of carbonyl (C=O) groups excluding carboxylic acids is 1. The van der Waals surface area contributed by atoms with E-state index in [1.54, 1.807) is 30.3 Å². The Hall–Kier alpha value is -2.79. The van der Waals surface area contributed by atoms with Gasteiger partial charge >= 0.3 is 18.4 Å². The number of ether oxygens (including phenoxy) is 2. The number of hydrogen-bond donors (Lipinski definition) is 1. The second-order valence-electron chi connectivity index (χ2n) is 7.76. The number of rotatable bonds is 6. The van der Waals surface area contributed by atoms with E-state index in [1.165, 1.54) is 26.0 Å². The molecule has 0 saturated carbocycles. The minimum atomic E-state index is -4.97.